The van der Waals surface area contributed by atoms with Gasteiger partial charge in [0.25, 0.3) is 0 Å². The molecule has 0 aromatic heterocycles. The minimum Gasteiger partial charge on any atom is -0.478 e. The van der Waals surface area contributed by atoms with Crippen LogP contribution in [0.3, 0.4) is 0 Å². The van der Waals surface area contributed by atoms with Crippen LogP contribution in [-0.4, -0.2) is 23.7 Å². The summed E-state index contributed by atoms with van der Waals surface area (Å²) in [6.07, 6.45) is 7.16. The molecule has 20 heavy (non-hydrogen) atoms. The fourth-order valence-corrected chi connectivity index (χ4v) is 3.96. The zero-order valence-electron chi connectivity index (χ0n) is 12.1. The molecule has 3 nitrogen and oxygen atoms in total. The monoisotopic (exact) mass is 273 g/mol. The van der Waals surface area contributed by atoms with Crippen LogP contribution in [0.25, 0.3) is 0 Å². The van der Waals surface area contributed by atoms with Crippen LogP contribution in [0.4, 0.5) is 5.69 Å². The Balaban J connectivity index is 1.97. The maximum Gasteiger partial charge on any atom is 0.336 e. The summed E-state index contributed by atoms with van der Waals surface area (Å²) in [4.78, 5) is 13.9. The van der Waals surface area contributed by atoms with Gasteiger partial charge in [0.15, 0.2) is 0 Å². The highest BCUT2D eigenvalue weighted by molar-refractivity contribution is 5.91. The third-order valence-electron chi connectivity index (χ3n) is 4.98. The van der Waals surface area contributed by atoms with Crippen LogP contribution in [-0.2, 0) is 6.42 Å². The zero-order valence-corrected chi connectivity index (χ0v) is 12.1. The van der Waals surface area contributed by atoms with Crippen LogP contribution >= 0.6 is 0 Å². The van der Waals surface area contributed by atoms with E-state index in [1.54, 1.807) is 6.07 Å². The molecule has 3 heteroatoms. The van der Waals surface area contributed by atoms with E-state index in [9.17, 15) is 9.90 Å². The first-order chi connectivity index (χ1) is 9.68. The van der Waals surface area contributed by atoms with Gasteiger partial charge in [0, 0.05) is 18.3 Å². The van der Waals surface area contributed by atoms with E-state index >= 15 is 0 Å². The summed E-state index contributed by atoms with van der Waals surface area (Å²) < 4.78 is 0. The van der Waals surface area contributed by atoms with Crippen LogP contribution in [0.2, 0.25) is 0 Å². The van der Waals surface area contributed by atoms with E-state index in [-0.39, 0.29) is 0 Å². The van der Waals surface area contributed by atoms with E-state index in [1.807, 2.05) is 6.07 Å². The topological polar surface area (TPSA) is 40.5 Å². The van der Waals surface area contributed by atoms with Crippen molar-refractivity contribution in [1.82, 2.24) is 0 Å². The van der Waals surface area contributed by atoms with E-state index < -0.39 is 5.97 Å². The molecule has 108 valence electrons. The molecule has 1 saturated carbocycles. The number of fused-ring (bicyclic) bond motifs is 1. The van der Waals surface area contributed by atoms with Gasteiger partial charge in [-0.1, -0.05) is 25.8 Å². The predicted molar refractivity (Wildman–Crippen MR) is 80.5 cm³/mol. The van der Waals surface area contributed by atoms with Crippen molar-refractivity contribution in [2.24, 2.45) is 5.92 Å². The third kappa shape index (κ3) is 2.30. The smallest absolute Gasteiger partial charge is 0.336 e. The fraction of sp³-hybridized carbons (Fsp3) is 0.588. The number of rotatable bonds is 2. The van der Waals surface area contributed by atoms with E-state index in [0.717, 1.165) is 24.9 Å². The molecule has 1 heterocycles. The standard InChI is InChI=1S/C17H23NO2/c1-12-6-2-3-9-15(12)18-11-5-8-13-14(17(19)20)7-4-10-16(13)18/h4,7,10,12,15H,2-3,5-6,8-9,11H2,1H3,(H,19,20). The molecule has 0 amide bonds. The highest BCUT2D eigenvalue weighted by atomic mass is 16.4. The van der Waals surface area contributed by atoms with Crippen molar-refractivity contribution in [2.75, 3.05) is 11.4 Å². The Morgan fingerprint density at radius 1 is 1.25 bits per heavy atom. The van der Waals surface area contributed by atoms with Gasteiger partial charge in [-0.25, -0.2) is 4.79 Å². The van der Waals surface area contributed by atoms with Gasteiger partial charge in [-0.2, -0.15) is 0 Å². The maximum atomic E-state index is 11.4. The minimum absolute atomic E-state index is 0.496. The fourth-order valence-electron chi connectivity index (χ4n) is 3.96. The number of anilines is 1. The molecule has 1 N–H and O–H groups in total. The van der Waals surface area contributed by atoms with Crippen molar-refractivity contribution in [3.63, 3.8) is 0 Å². The highest BCUT2D eigenvalue weighted by Gasteiger charge is 2.31. The molecule has 1 aromatic carbocycles. The number of carboxylic acid groups (broad SMARTS) is 1. The quantitative estimate of drug-likeness (QED) is 0.893. The lowest BCUT2D eigenvalue weighted by atomic mass is 9.83. The molecule has 2 atom stereocenters. The molecule has 1 aliphatic heterocycles. The van der Waals surface area contributed by atoms with Crippen molar-refractivity contribution in [1.29, 1.82) is 0 Å². The van der Waals surface area contributed by atoms with E-state index in [2.05, 4.69) is 17.9 Å². The Kier molecular flexibility index (Phi) is 3.68. The molecule has 3 rings (SSSR count). The number of carboxylic acids is 1. The van der Waals surface area contributed by atoms with Gasteiger partial charge in [0.05, 0.1) is 5.56 Å². The van der Waals surface area contributed by atoms with Gasteiger partial charge in [-0.3, -0.25) is 0 Å². The van der Waals surface area contributed by atoms with E-state index in [1.165, 1.54) is 31.4 Å². The Morgan fingerprint density at radius 3 is 2.80 bits per heavy atom. The van der Waals surface area contributed by atoms with Gasteiger partial charge in [-0.05, 0) is 49.3 Å². The first-order valence-electron chi connectivity index (χ1n) is 7.80. The molecule has 2 unspecified atom stereocenters. The lowest BCUT2D eigenvalue weighted by Crippen LogP contribution is -2.44. The molecule has 0 bridgehead atoms. The van der Waals surface area contributed by atoms with Crippen molar-refractivity contribution < 1.29 is 9.90 Å². The normalized spacial score (nSPS) is 26.1. The Bertz CT molecular complexity index is 512. The third-order valence-corrected chi connectivity index (χ3v) is 4.98. The van der Waals surface area contributed by atoms with Gasteiger partial charge in [-0.15, -0.1) is 0 Å². The van der Waals surface area contributed by atoms with Crippen molar-refractivity contribution >= 4 is 11.7 Å². The average Bonchev–Trinajstić information content (AvgIpc) is 2.46. The van der Waals surface area contributed by atoms with E-state index in [0.29, 0.717) is 17.5 Å². The van der Waals surface area contributed by atoms with Crippen LogP contribution in [0.5, 0.6) is 0 Å². The Hall–Kier alpha value is -1.51. The van der Waals surface area contributed by atoms with Gasteiger partial charge in [0.1, 0.15) is 0 Å². The molecular weight excluding hydrogens is 250 g/mol. The molecule has 1 fully saturated rings. The first-order valence-corrected chi connectivity index (χ1v) is 7.80. The molecule has 0 spiro atoms. The summed E-state index contributed by atoms with van der Waals surface area (Å²) in [5, 5.41) is 9.37. The van der Waals surface area contributed by atoms with E-state index in [4.69, 9.17) is 0 Å². The molecular formula is C17H23NO2. The number of benzene rings is 1. The first kappa shape index (κ1) is 13.5. The number of hydrogen-bond donors (Lipinski definition) is 1. The highest BCUT2D eigenvalue weighted by Crippen LogP contribution is 2.37. The molecule has 0 saturated heterocycles. The largest absolute Gasteiger partial charge is 0.478 e. The van der Waals surface area contributed by atoms with Gasteiger partial charge < -0.3 is 10.0 Å². The van der Waals surface area contributed by atoms with Gasteiger partial charge >= 0.3 is 5.97 Å². The minimum atomic E-state index is -0.791. The lowest BCUT2D eigenvalue weighted by molar-refractivity contribution is 0.0695. The Labute approximate surface area is 120 Å². The summed E-state index contributed by atoms with van der Waals surface area (Å²) >= 11 is 0. The number of carbonyl (C=O) groups is 1. The molecule has 0 radical (unpaired) electrons. The maximum absolute atomic E-state index is 11.4. The molecule has 1 aromatic rings. The Morgan fingerprint density at radius 2 is 2.05 bits per heavy atom. The zero-order chi connectivity index (χ0) is 14.1. The molecule has 1 aliphatic carbocycles. The molecule has 2 aliphatic rings. The number of hydrogen-bond acceptors (Lipinski definition) is 2. The summed E-state index contributed by atoms with van der Waals surface area (Å²) in [5.41, 5.74) is 2.72. The van der Waals surface area contributed by atoms with Crippen LogP contribution in [0.15, 0.2) is 18.2 Å². The summed E-state index contributed by atoms with van der Waals surface area (Å²) in [6, 6.07) is 6.34. The van der Waals surface area contributed by atoms with Crippen LogP contribution < -0.4 is 4.90 Å². The number of aromatic carboxylic acids is 1. The van der Waals surface area contributed by atoms with Crippen molar-refractivity contribution in [2.45, 2.75) is 51.5 Å². The van der Waals surface area contributed by atoms with Gasteiger partial charge in [0.2, 0.25) is 0 Å². The summed E-state index contributed by atoms with van der Waals surface area (Å²) in [7, 11) is 0. The second-order valence-electron chi connectivity index (χ2n) is 6.23. The van der Waals surface area contributed by atoms with Crippen LogP contribution in [0.1, 0.15) is 54.9 Å². The predicted octanol–water partition coefficient (Wildman–Crippen LogP) is 3.72. The second-order valence-corrected chi connectivity index (χ2v) is 6.23. The van der Waals surface area contributed by atoms with Crippen LogP contribution in [0, 0.1) is 5.92 Å². The summed E-state index contributed by atoms with van der Waals surface area (Å²) in [6.45, 7) is 3.42. The number of nitrogens with zero attached hydrogens (tertiary/aromatic N) is 1. The summed E-state index contributed by atoms with van der Waals surface area (Å²) in [5.74, 6) is -0.0800. The average molecular weight is 273 g/mol. The SMILES string of the molecule is CC1CCCCC1N1CCCc2c(C(=O)O)cccc21. The van der Waals surface area contributed by atoms with Crippen molar-refractivity contribution in [3.8, 4) is 0 Å². The lowest BCUT2D eigenvalue weighted by Gasteiger charge is -2.43. The second kappa shape index (κ2) is 5.47. The van der Waals surface area contributed by atoms with Crippen molar-refractivity contribution in [3.05, 3.63) is 29.3 Å².